The molecule has 0 radical (unpaired) electrons. The van der Waals surface area contributed by atoms with Gasteiger partial charge in [0.1, 0.15) is 0 Å². The lowest BCUT2D eigenvalue weighted by Gasteiger charge is -2.06. The average molecular weight is 309 g/mol. The minimum absolute atomic E-state index is 0.369. The van der Waals surface area contributed by atoms with Crippen LogP contribution in [0.1, 0.15) is 10.4 Å². The summed E-state index contributed by atoms with van der Waals surface area (Å²) in [5, 5.41) is 7.24. The van der Waals surface area contributed by atoms with Crippen molar-refractivity contribution < 1.29 is 9.53 Å². The lowest BCUT2D eigenvalue weighted by atomic mass is 10.2. The number of esters is 1. The Kier molecular flexibility index (Phi) is 4.01. The first-order valence-corrected chi connectivity index (χ1v) is 6.93. The Bertz CT molecular complexity index is 826. The van der Waals surface area contributed by atoms with Crippen LogP contribution in [0.3, 0.4) is 0 Å². The van der Waals surface area contributed by atoms with E-state index in [9.17, 15) is 4.79 Å². The fraction of sp³-hybridized carbons (Fsp3) is 0.125. The SMILES string of the molecule is COC(=O)c1ccc(Nc2nccc(-c3cnn(C)c3)n2)cc1. The molecule has 7 heteroatoms. The first-order valence-electron chi connectivity index (χ1n) is 6.93. The van der Waals surface area contributed by atoms with Gasteiger partial charge in [-0.25, -0.2) is 14.8 Å². The Morgan fingerprint density at radius 1 is 1.22 bits per heavy atom. The van der Waals surface area contributed by atoms with Gasteiger partial charge in [0.2, 0.25) is 5.95 Å². The van der Waals surface area contributed by atoms with Gasteiger partial charge in [-0.05, 0) is 30.3 Å². The molecule has 0 saturated carbocycles. The molecular weight excluding hydrogens is 294 g/mol. The van der Waals surface area contributed by atoms with Crippen molar-refractivity contribution in [2.75, 3.05) is 12.4 Å². The standard InChI is InChI=1S/C16H15N5O2/c1-21-10-12(9-18-21)14-7-8-17-16(20-14)19-13-5-3-11(4-6-13)15(22)23-2/h3-10H,1-2H3,(H,17,19,20). The summed E-state index contributed by atoms with van der Waals surface area (Å²) in [6, 6.07) is 8.72. The number of rotatable bonds is 4. The Hall–Kier alpha value is -3.22. The molecule has 7 nitrogen and oxygen atoms in total. The highest BCUT2D eigenvalue weighted by molar-refractivity contribution is 5.89. The van der Waals surface area contributed by atoms with Crippen LogP contribution in [0.5, 0.6) is 0 Å². The summed E-state index contributed by atoms with van der Waals surface area (Å²) >= 11 is 0. The van der Waals surface area contributed by atoms with Gasteiger partial charge in [0, 0.05) is 30.7 Å². The predicted molar refractivity (Wildman–Crippen MR) is 85.3 cm³/mol. The number of benzene rings is 1. The number of anilines is 2. The summed E-state index contributed by atoms with van der Waals surface area (Å²) < 4.78 is 6.39. The molecule has 0 unspecified atom stereocenters. The van der Waals surface area contributed by atoms with Crippen LogP contribution in [0, 0.1) is 0 Å². The molecule has 0 bridgehead atoms. The molecule has 2 aromatic heterocycles. The highest BCUT2D eigenvalue weighted by atomic mass is 16.5. The molecule has 0 fully saturated rings. The van der Waals surface area contributed by atoms with Crippen LogP contribution < -0.4 is 5.32 Å². The van der Waals surface area contributed by atoms with Crippen molar-refractivity contribution in [1.82, 2.24) is 19.7 Å². The van der Waals surface area contributed by atoms with E-state index in [0.29, 0.717) is 11.5 Å². The third kappa shape index (κ3) is 3.34. The highest BCUT2D eigenvalue weighted by Crippen LogP contribution is 2.19. The Balaban J connectivity index is 1.79. The van der Waals surface area contributed by atoms with Gasteiger partial charge in [0.05, 0.1) is 24.6 Å². The van der Waals surface area contributed by atoms with Gasteiger partial charge in [0.15, 0.2) is 0 Å². The third-order valence-electron chi connectivity index (χ3n) is 3.22. The molecule has 0 saturated heterocycles. The molecular formula is C16H15N5O2. The molecule has 0 aliphatic heterocycles. The van der Waals surface area contributed by atoms with E-state index in [-0.39, 0.29) is 5.97 Å². The number of methoxy groups -OCH3 is 1. The number of ether oxygens (including phenoxy) is 1. The molecule has 116 valence electrons. The van der Waals surface area contributed by atoms with Crippen LogP contribution in [0.15, 0.2) is 48.9 Å². The van der Waals surface area contributed by atoms with E-state index in [1.165, 1.54) is 7.11 Å². The molecule has 0 aliphatic rings. The molecule has 3 rings (SSSR count). The summed E-state index contributed by atoms with van der Waals surface area (Å²) in [6.45, 7) is 0. The lowest BCUT2D eigenvalue weighted by molar-refractivity contribution is 0.0601. The van der Waals surface area contributed by atoms with Gasteiger partial charge in [0.25, 0.3) is 0 Å². The zero-order chi connectivity index (χ0) is 16.2. The second-order valence-electron chi connectivity index (χ2n) is 4.86. The lowest BCUT2D eigenvalue weighted by Crippen LogP contribution is -2.02. The molecule has 1 N–H and O–H groups in total. The van der Waals surface area contributed by atoms with E-state index < -0.39 is 0 Å². The molecule has 1 aromatic carbocycles. The van der Waals surface area contributed by atoms with Gasteiger partial charge in [-0.1, -0.05) is 0 Å². The van der Waals surface area contributed by atoms with E-state index in [0.717, 1.165) is 16.9 Å². The van der Waals surface area contributed by atoms with Crippen molar-refractivity contribution in [3.63, 3.8) is 0 Å². The van der Waals surface area contributed by atoms with Crippen LogP contribution in [-0.4, -0.2) is 32.8 Å². The molecule has 0 spiro atoms. The smallest absolute Gasteiger partial charge is 0.337 e. The Morgan fingerprint density at radius 2 is 2.00 bits per heavy atom. The van der Waals surface area contributed by atoms with Crippen molar-refractivity contribution in [3.05, 3.63) is 54.5 Å². The number of hydrogen-bond acceptors (Lipinski definition) is 6. The first kappa shape index (κ1) is 14.7. The van der Waals surface area contributed by atoms with E-state index in [1.54, 1.807) is 41.3 Å². The van der Waals surface area contributed by atoms with Gasteiger partial charge < -0.3 is 10.1 Å². The first-order chi connectivity index (χ1) is 11.2. The van der Waals surface area contributed by atoms with Crippen LogP contribution in [0.4, 0.5) is 11.6 Å². The van der Waals surface area contributed by atoms with E-state index >= 15 is 0 Å². The van der Waals surface area contributed by atoms with Crippen molar-refractivity contribution in [3.8, 4) is 11.3 Å². The number of nitrogens with one attached hydrogen (secondary N) is 1. The fourth-order valence-electron chi connectivity index (χ4n) is 2.07. The fourth-order valence-corrected chi connectivity index (χ4v) is 2.07. The van der Waals surface area contributed by atoms with E-state index in [2.05, 4.69) is 25.1 Å². The second-order valence-corrected chi connectivity index (χ2v) is 4.86. The van der Waals surface area contributed by atoms with Gasteiger partial charge in [-0.2, -0.15) is 5.10 Å². The molecule has 23 heavy (non-hydrogen) atoms. The maximum Gasteiger partial charge on any atom is 0.337 e. The summed E-state index contributed by atoms with van der Waals surface area (Å²) in [7, 11) is 3.21. The molecule has 0 atom stereocenters. The predicted octanol–water partition coefficient (Wildman–Crippen LogP) is 2.41. The van der Waals surface area contributed by atoms with Crippen molar-refractivity contribution in [2.45, 2.75) is 0 Å². The number of aryl methyl sites for hydroxylation is 1. The van der Waals surface area contributed by atoms with Crippen LogP contribution in [-0.2, 0) is 11.8 Å². The summed E-state index contributed by atoms with van der Waals surface area (Å²) in [6.07, 6.45) is 5.31. The van der Waals surface area contributed by atoms with Crippen LogP contribution in [0.2, 0.25) is 0 Å². The van der Waals surface area contributed by atoms with E-state index in [1.807, 2.05) is 19.3 Å². The Morgan fingerprint density at radius 3 is 2.65 bits per heavy atom. The molecule has 0 amide bonds. The zero-order valence-corrected chi connectivity index (χ0v) is 12.7. The second kappa shape index (κ2) is 6.27. The van der Waals surface area contributed by atoms with Gasteiger partial charge in [-0.3, -0.25) is 4.68 Å². The highest BCUT2D eigenvalue weighted by Gasteiger charge is 2.07. The largest absolute Gasteiger partial charge is 0.465 e. The van der Waals surface area contributed by atoms with Gasteiger partial charge >= 0.3 is 5.97 Å². The van der Waals surface area contributed by atoms with Crippen LogP contribution >= 0.6 is 0 Å². The van der Waals surface area contributed by atoms with Crippen LogP contribution in [0.25, 0.3) is 11.3 Å². The molecule has 3 aromatic rings. The molecule has 0 aliphatic carbocycles. The van der Waals surface area contributed by atoms with Crippen molar-refractivity contribution >= 4 is 17.6 Å². The topological polar surface area (TPSA) is 81.9 Å². The number of carbonyl (C=O) groups excluding carboxylic acids is 1. The number of hydrogen-bond donors (Lipinski definition) is 1. The maximum atomic E-state index is 11.4. The summed E-state index contributed by atoms with van der Waals surface area (Å²) in [5.41, 5.74) is 2.96. The molecule has 2 heterocycles. The monoisotopic (exact) mass is 309 g/mol. The average Bonchev–Trinajstić information content (AvgIpc) is 3.02. The number of nitrogens with zero attached hydrogens (tertiary/aromatic N) is 4. The normalized spacial score (nSPS) is 10.3. The minimum Gasteiger partial charge on any atom is -0.465 e. The minimum atomic E-state index is -0.369. The van der Waals surface area contributed by atoms with Crippen molar-refractivity contribution in [2.24, 2.45) is 7.05 Å². The zero-order valence-electron chi connectivity index (χ0n) is 12.7. The summed E-state index contributed by atoms with van der Waals surface area (Å²) in [4.78, 5) is 20.1. The van der Waals surface area contributed by atoms with Gasteiger partial charge in [-0.15, -0.1) is 0 Å². The summed E-state index contributed by atoms with van der Waals surface area (Å²) in [5.74, 6) is 0.101. The third-order valence-corrected chi connectivity index (χ3v) is 3.22. The number of aromatic nitrogens is 4. The Labute approximate surface area is 133 Å². The van der Waals surface area contributed by atoms with Crippen molar-refractivity contribution in [1.29, 1.82) is 0 Å². The quantitative estimate of drug-likeness (QED) is 0.745. The maximum absolute atomic E-state index is 11.4. The number of carbonyl (C=O) groups is 1. The van der Waals surface area contributed by atoms with E-state index in [4.69, 9.17) is 0 Å².